The van der Waals surface area contributed by atoms with Gasteiger partial charge >= 0.3 is 0 Å². The molecule has 80 valence electrons. The normalized spacial score (nSPS) is 10.0. The molecule has 0 fully saturated rings. The van der Waals surface area contributed by atoms with Crippen LogP contribution in [-0.4, -0.2) is 19.9 Å². The van der Waals surface area contributed by atoms with E-state index in [1.807, 2.05) is 30.5 Å². The molecule has 3 aromatic rings. The summed E-state index contributed by atoms with van der Waals surface area (Å²) < 4.78 is 0. The molecule has 0 aliphatic rings. The first-order valence-electron chi connectivity index (χ1n) is 4.65. The van der Waals surface area contributed by atoms with E-state index in [0.717, 1.165) is 16.7 Å². The van der Waals surface area contributed by atoms with Crippen LogP contribution in [0.1, 0.15) is 0 Å². The second-order valence-electron chi connectivity index (χ2n) is 3.19. The third kappa shape index (κ3) is 1.75. The molecular formula is C11H9ClN4. The minimum atomic E-state index is 0. The van der Waals surface area contributed by atoms with E-state index in [4.69, 9.17) is 0 Å². The smallest absolute Gasteiger partial charge is 0.176 e. The van der Waals surface area contributed by atoms with Gasteiger partial charge < -0.3 is 4.98 Å². The Bertz CT molecular complexity index is 592. The van der Waals surface area contributed by atoms with Gasteiger partial charge in [0.2, 0.25) is 0 Å². The Morgan fingerprint density at radius 3 is 2.75 bits per heavy atom. The van der Waals surface area contributed by atoms with Crippen molar-refractivity contribution in [1.82, 2.24) is 19.9 Å². The molecule has 3 heterocycles. The van der Waals surface area contributed by atoms with Crippen molar-refractivity contribution in [1.29, 1.82) is 0 Å². The first kappa shape index (κ1) is 10.6. The van der Waals surface area contributed by atoms with Crippen molar-refractivity contribution >= 4 is 23.4 Å². The predicted molar refractivity (Wildman–Crippen MR) is 64.4 cm³/mol. The van der Waals surface area contributed by atoms with Gasteiger partial charge in [0, 0.05) is 12.4 Å². The highest BCUT2D eigenvalue weighted by Crippen LogP contribution is 2.14. The molecule has 0 saturated carbocycles. The number of aromatic amines is 1. The summed E-state index contributed by atoms with van der Waals surface area (Å²) in [5.74, 6) is 0.695. The van der Waals surface area contributed by atoms with Gasteiger partial charge in [-0.15, -0.1) is 12.4 Å². The number of nitrogens with one attached hydrogen (secondary N) is 1. The van der Waals surface area contributed by atoms with Crippen LogP contribution in [-0.2, 0) is 0 Å². The van der Waals surface area contributed by atoms with E-state index in [0.29, 0.717) is 5.82 Å². The molecule has 0 atom stereocenters. The van der Waals surface area contributed by atoms with Crippen molar-refractivity contribution < 1.29 is 0 Å². The Balaban J connectivity index is 0.000000963. The lowest BCUT2D eigenvalue weighted by atomic mass is 10.3. The highest BCUT2D eigenvalue weighted by molar-refractivity contribution is 5.85. The van der Waals surface area contributed by atoms with Crippen molar-refractivity contribution in [2.75, 3.05) is 0 Å². The van der Waals surface area contributed by atoms with Gasteiger partial charge in [0.15, 0.2) is 5.82 Å². The summed E-state index contributed by atoms with van der Waals surface area (Å²) in [7, 11) is 0. The molecule has 0 bridgehead atoms. The van der Waals surface area contributed by atoms with Gasteiger partial charge in [-0.25, -0.2) is 9.97 Å². The summed E-state index contributed by atoms with van der Waals surface area (Å²) in [6, 6.07) is 7.66. The molecule has 3 aromatic heterocycles. The molecule has 0 aromatic carbocycles. The SMILES string of the molecule is Cl.c1c[nH]c(-c2ncc3ncccc3n2)c1. The van der Waals surface area contributed by atoms with Gasteiger partial charge in [0.05, 0.1) is 17.4 Å². The van der Waals surface area contributed by atoms with Crippen LogP contribution in [0.5, 0.6) is 0 Å². The molecule has 16 heavy (non-hydrogen) atoms. The molecule has 0 saturated heterocycles. The molecule has 4 nitrogen and oxygen atoms in total. The van der Waals surface area contributed by atoms with E-state index in [2.05, 4.69) is 19.9 Å². The number of pyridine rings is 1. The van der Waals surface area contributed by atoms with Crippen LogP contribution in [0.2, 0.25) is 0 Å². The molecule has 0 unspecified atom stereocenters. The quantitative estimate of drug-likeness (QED) is 0.701. The van der Waals surface area contributed by atoms with E-state index < -0.39 is 0 Å². The molecule has 3 rings (SSSR count). The number of nitrogens with zero attached hydrogens (tertiary/aromatic N) is 3. The topological polar surface area (TPSA) is 54.5 Å². The maximum absolute atomic E-state index is 4.41. The zero-order valence-electron chi connectivity index (χ0n) is 8.29. The van der Waals surface area contributed by atoms with Crippen LogP contribution in [0.4, 0.5) is 0 Å². The third-order valence-corrected chi connectivity index (χ3v) is 2.19. The van der Waals surface area contributed by atoms with Crippen molar-refractivity contribution in [3.63, 3.8) is 0 Å². The lowest BCUT2D eigenvalue weighted by Gasteiger charge is -1.98. The van der Waals surface area contributed by atoms with Crippen LogP contribution in [0.3, 0.4) is 0 Å². The van der Waals surface area contributed by atoms with Crippen molar-refractivity contribution in [3.05, 3.63) is 42.9 Å². The zero-order chi connectivity index (χ0) is 10.1. The minimum Gasteiger partial charge on any atom is -0.359 e. The second-order valence-corrected chi connectivity index (χ2v) is 3.19. The van der Waals surface area contributed by atoms with Crippen molar-refractivity contribution in [2.24, 2.45) is 0 Å². The maximum Gasteiger partial charge on any atom is 0.176 e. The average Bonchev–Trinajstić information content (AvgIpc) is 2.82. The summed E-state index contributed by atoms with van der Waals surface area (Å²) in [6.45, 7) is 0. The summed E-state index contributed by atoms with van der Waals surface area (Å²) >= 11 is 0. The largest absolute Gasteiger partial charge is 0.359 e. The minimum absolute atomic E-state index is 0. The lowest BCUT2D eigenvalue weighted by Crippen LogP contribution is -1.90. The molecule has 1 N–H and O–H groups in total. The molecule has 0 radical (unpaired) electrons. The highest BCUT2D eigenvalue weighted by atomic mass is 35.5. The molecule has 5 heteroatoms. The Kier molecular flexibility index (Phi) is 2.83. The van der Waals surface area contributed by atoms with Crippen molar-refractivity contribution in [3.8, 4) is 11.5 Å². The van der Waals surface area contributed by atoms with E-state index in [-0.39, 0.29) is 12.4 Å². The van der Waals surface area contributed by atoms with Gasteiger partial charge in [-0.3, -0.25) is 4.98 Å². The Labute approximate surface area is 98.2 Å². The fourth-order valence-corrected chi connectivity index (χ4v) is 1.47. The number of halogens is 1. The van der Waals surface area contributed by atoms with Crippen molar-refractivity contribution in [2.45, 2.75) is 0 Å². The van der Waals surface area contributed by atoms with Crippen LogP contribution in [0.25, 0.3) is 22.6 Å². The Hall–Kier alpha value is -1.94. The maximum atomic E-state index is 4.41. The summed E-state index contributed by atoms with van der Waals surface area (Å²) in [5.41, 5.74) is 2.59. The number of fused-ring (bicyclic) bond motifs is 1. The van der Waals surface area contributed by atoms with Crippen LogP contribution in [0.15, 0.2) is 42.9 Å². The summed E-state index contributed by atoms with van der Waals surface area (Å²) in [4.78, 5) is 15.9. The first-order valence-corrected chi connectivity index (χ1v) is 4.65. The fourth-order valence-electron chi connectivity index (χ4n) is 1.47. The van der Waals surface area contributed by atoms with E-state index in [9.17, 15) is 0 Å². The van der Waals surface area contributed by atoms with Gasteiger partial charge in [0.1, 0.15) is 5.52 Å². The molecule has 0 aliphatic carbocycles. The van der Waals surface area contributed by atoms with Gasteiger partial charge in [-0.1, -0.05) is 0 Å². The number of rotatable bonds is 1. The van der Waals surface area contributed by atoms with Crippen LogP contribution in [0, 0.1) is 0 Å². The van der Waals surface area contributed by atoms with E-state index >= 15 is 0 Å². The van der Waals surface area contributed by atoms with Crippen LogP contribution < -0.4 is 0 Å². The summed E-state index contributed by atoms with van der Waals surface area (Å²) in [6.07, 6.45) is 5.32. The first-order chi connectivity index (χ1) is 7.43. The monoisotopic (exact) mass is 232 g/mol. The Morgan fingerprint density at radius 2 is 1.94 bits per heavy atom. The summed E-state index contributed by atoms with van der Waals surface area (Å²) in [5, 5.41) is 0. The lowest BCUT2D eigenvalue weighted by molar-refractivity contribution is 1.18. The number of H-pyrrole nitrogens is 1. The zero-order valence-corrected chi connectivity index (χ0v) is 9.11. The predicted octanol–water partition coefficient (Wildman–Crippen LogP) is 2.44. The standard InChI is InChI=1S/C11H8N4.ClH/c1-3-8-10(13-6-1)7-14-11(15-8)9-4-2-5-12-9;/h1-7,12H;1H. The number of hydrogen-bond acceptors (Lipinski definition) is 3. The highest BCUT2D eigenvalue weighted by Gasteiger charge is 2.02. The second kappa shape index (κ2) is 4.28. The van der Waals surface area contributed by atoms with Gasteiger partial charge in [-0.05, 0) is 24.3 Å². The van der Waals surface area contributed by atoms with E-state index in [1.54, 1.807) is 12.4 Å². The van der Waals surface area contributed by atoms with Gasteiger partial charge in [-0.2, -0.15) is 0 Å². The van der Waals surface area contributed by atoms with E-state index in [1.165, 1.54) is 0 Å². The fraction of sp³-hybridized carbons (Fsp3) is 0. The average molecular weight is 233 g/mol. The molecular weight excluding hydrogens is 224 g/mol. The number of hydrogen-bond donors (Lipinski definition) is 1. The van der Waals surface area contributed by atoms with Gasteiger partial charge in [0.25, 0.3) is 0 Å². The Morgan fingerprint density at radius 1 is 1.00 bits per heavy atom. The third-order valence-electron chi connectivity index (χ3n) is 2.19. The number of aromatic nitrogens is 4. The van der Waals surface area contributed by atoms with Crippen LogP contribution >= 0.6 is 12.4 Å². The molecule has 0 spiro atoms. The molecule has 0 aliphatic heterocycles. The molecule has 0 amide bonds.